The van der Waals surface area contributed by atoms with Gasteiger partial charge in [-0.25, -0.2) is 9.97 Å². The van der Waals surface area contributed by atoms with E-state index in [2.05, 4.69) is 33.9 Å². The normalized spacial score (nSPS) is 12.0. The lowest BCUT2D eigenvalue weighted by atomic mass is 10.1. The van der Waals surface area contributed by atoms with Gasteiger partial charge < -0.3 is 15.2 Å². The molecule has 2 N–H and O–H groups in total. The van der Waals surface area contributed by atoms with Crippen LogP contribution in [-0.2, 0) is 20.1 Å². The molecule has 0 unspecified atom stereocenters. The summed E-state index contributed by atoms with van der Waals surface area (Å²) in [7, 11) is 1.89. The van der Waals surface area contributed by atoms with E-state index in [0.29, 0.717) is 30.4 Å². The van der Waals surface area contributed by atoms with Crippen LogP contribution in [0, 0.1) is 6.92 Å². The second-order valence-electron chi connectivity index (χ2n) is 6.35. The molecule has 0 aliphatic carbocycles. The predicted octanol–water partition coefficient (Wildman–Crippen LogP) is 2.79. The smallest absolute Gasteiger partial charge is 0.180 e. The van der Waals surface area contributed by atoms with Crippen molar-refractivity contribution in [2.45, 2.75) is 52.2 Å². The monoisotopic (exact) mass is 359 g/mol. The minimum absolute atomic E-state index is 0.0428. The van der Waals surface area contributed by atoms with E-state index >= 15 is 0 Å². The highest BCUT2D eigenvalue weighted by atomic mass is 16.5. The van der Waals surface area contributed by atoms with Crippen molar-refractivity contribution >= 4 is 5.82 Å². The third-order valence-electron chi connectivity index (χ3n) is 4.07. The largest absolute Gasteiger partial charge is 0.482 e. The average molecular weight is 359 g/mol. The molecule has 2 aromatic heterocycles. The molecule has 1 atom stereocenters. The Hall–Kier alpha value is -2.41. The Morgan fingerprint density at radius 2 is 2.27 bits per heavy atom. The fraction of sp³-hybridized carbons (Fsp3) is 0.526. The first kappa shape index (κ1) is 19.9. The molecular weight excluding hydrogens is 330 g/mol. The van der Waals surface area contributed by atoms with E-state index in [4.69, 9.17) is 4.74 Å². The summed E-state index contributed by atoms with van der Waals surface area (Å²) in [5, 5.41) is 17.3. The average Bonchev–Trinajstić information content (AvgIpc) is 2.95. The molecule has 0 aliphatic rings. The van der Waals surface area contributed by atoms with Gasteiger partial charge in [0, 0.05) is 13.5 Å². The highest BCUT2D eigenvalue weighted by Gasteiger charge is 2.14. The molecule has 7 nitrogen and oxygen atoms in total. The second kappa shape index (κ2) is 9.91. The fourth-order valence-corrected chi connectivity index (χ4v) is 2.65. The maximum atomic E-state index is 9.65. The molecule has 142 valence electrons. The molecule has 2 rings (SSSR count). The molecule has 7 heteroatoms. The minimum atomic E-state index is -0.0669. The maximum absolute atomic E-state index is 9.65. The number of rotatable bonds is 11. The molecule has 0 saturated heterocycles. The summed E-state index contributed by atoms with van der Waals surface area (Å²) in [6, 6.07) is 1.92. The molecule has 26 heavy (non-hydrogen) atoms. The van der Waals surface area contributed by atoms with Crippen molar-refractivity contribution < 1.29 is 9.84 Å². The summed E-state index contributed by atoms with van der Waals surface area (Å²) in [6.45, 7) is 8.22. The molecule has 0 aliphatic heterocycles. The minimum Gasteiger partial charge on any atom is -0.482 e. The summed E-state index contributed by atoms with van der Waals surface area (Å²) in [4.78, 5) is 8.88. The first-order valence-corrected chi connectivity index (χ1v) is 9.03. The third kappa shape index (κ3) is 5.56. The number of anilines is 1. The molecule has 0 saturated carbocycles. The van der Waals surface area contributed by atoms with E-state index < -0.39 is 0 Å². The molecule has 0 amide bonds. The van der Waals surface area contributed by atoms with Crippen LogP contribution in [0.2, 0.25) is 0 Å². The van der Waals surface area contributed by atoms with Crippen LogP contribution in [0.5, 0.6) is 5.75 Å². The Morgan fingerprint density at radius 1 is 1.46 bits per heavy atom. The zero-order valence-corrected chi connectivity index (χ0v) is 15.9. The maximum Gasteiger partial charge on any atom is 0.180 e. The lowest BCUT2D eigenvalue weighted by Gasteiger charge is -2.19. The van der Waals surface area contributed by atoms with Crippen molar-refractivity contribution in [3.05, 3.63) is 42.1 Å². The van der Waals surface area contributed by atoms with Gasteiger partial charge >= 0.3 is 0 Å². The number of ether oxygens (including phenoxy) is 1. The van der Waals surface area contributed by atoms with Gasteiger partial charge in [0.2, 0.25) is 0 Å². The number of unbranched alkanes of at least 4 members (excludes halogenated alkanes) is 1. The molecule has 0 spiro atoms. The van der Waals surface area contributed by atoms with Crippen molar-refractivity contribution in [2.75, 3.05) is 11.9 Å². The molecule has 0 bridgehead atoms. The summed E-state index contributed by atoms with van der Waals surface area (Å²) in [6.07, 6.45) is 6.99. The van der Waals surface area contributed by atoms with E-state index in [1.54, 1.807) is 17.0 Å². The number of aromatic nitrogens is 4. The number of allylic oxidation sites excluding steroid dienone is 1. The predicted molar refractivity (Wildman–Crippen MR) is 102 cm³/mol. The number of aliphatic hydroxyl groups excluding tert-OH is 1. The Kier molecular flexibility index (Phi) is 7.59. The van der Waals surface area contributed by atoms with Crippen molar-refractivity contribution in [3.8, 4) is 5.75 Å². The fourth-order valence-electron chi connectivity index (χ4n) is 2.65. The zero-order chi connectivity index (χ0) is 18.9. The molecular formula is C19H29N5O2. The van der Waals surface area contributed by atoms with Gasteiger partial charge in [-0.05, 0) is 19.4 Å². The van der Waals surface area contributed by atoms with Gasteiger partial charge in [0.1, 0.15) is 12.4 Å². The van der Waals surface area contributed by atoms with Crippen molar-refractivity contribution in [3.63, 3.8) is 0 Å². The number of nitrogens with one attached hydrogen (secondary N) is 1. The van der Waals surface area contributed by atoms with Crippen LogP contribution in [0.15, 0.2) is 24.9 Å². The second-order valence-corrected chi connectivity index (χ2v) is 6.35. The van der Waals surface area contributed by atoms with Crippen LogP contribution in [0.1, 0.15) is 43.4 Å². The van der Waals surface area contributed by atoms with Crippen LogP contribution in [0.3, 0.4) is 0 Å². The number of aliphatic hydroxyl groups is 1. The SMILES string of the molecule is C=CCc1ncc(OCc2cc(C)nn2C)c(N[C@H](CO)CCCC)n1. The van der Waals surface area contributed by atoms with Crippen molar-refractivity contribution in [1.29, 1.82) is 0 Å². The summed E-state index contributed by atoms with van der Waals surface area (Å²) >= 11 is 0. The zero-order valence-electron chi connectivity index (χ0n) is 15.9. The van der Waals surface area contributed by atoms with E-state index in [1.807, 2.05) is 20.0 Å². The van der Waals surface area contributed by atoms with Crippen LogP contribution >= 0.6 is 0 Å². The molecule has 2 heterocycles. The Balaban J connectivity index is 2.17. The Labute approximate surface area is 155 Å². The number of hydrogen-bond acceptors (Lipinski definition) is 6. The van der Waals surface area contributed by atoms with Gasteiger partial charge in [0.05, 0.1) is 30.2 Å². The van der Waals surface area contributed by atoms with E-state index in [-0.39, 0.29) is 12.6 Å². The first-order chi connectivity index (χ1) is 12.6. The van der Waals surface area contributed by atoms with E-state index in [1.165, 1.54) is 0 Å². The summed E-state index contributed by atoms with van der Waals surface area (Å²) < 4.78 is 7.74. The lowest BCUT2D eigenvalue weighted by molar-refractivity contribution is 0.265. The van der Waals surface area contributed by atoms with E-state index in [0.717, 1.165) is 30.7 Å². The van der Waals surface area contributed by atoms with Gasteiger partial charge in [0.25, 0.3) is 0 Å². The highest BCUT2D eigenvalue weighted by molar-refractivity contribution is 5.49. The third-order valence-corrected chi connectivity index (χ3v) is 4.07. The van der Waals surface area contributed by atoms with Crippen LogP contribution in [-0.4, -0.2) is 37.5 Å². The number of hydrogen-bond donors (Lipinski definition) is 2. The van der Waals surface area contributed by atoms with E-state index in [9.17, 15) is 5.11 Å². The number of nitrogens with zero attached hydrogens (tertiary/aromatic N) is 4. The quantitative estimate of drug-likeness (QED) is 0.600. The van der Waals surface area contributed by atoms with Gasteiger partial charge in [-0.15, -0.1) is 6.58 Å². The van der Waals surface area contributed by atoms with Gasteiger partial charge in [-0.1, -0.05) is 25.8 Å². The van der Waals surface area contributed by atoms with Crippen molar-refractivity contribution in [1.82, 2.24) is 19.7 Å². The standard InChI is InChI=1S/C19H29N5O2/c1-5-7-9-15(12-25)21-19-17(11-20-18(22-19)8-6-2)26-13-16-10-14(3)23-24(16)4/h6,10-11,15,25H,2,5,7-9,12-13H2,1,3-4H3,(H,20,21,22)/t15-/m0/s1. The highest BCUT2D eigenvalue weighted by Crippen LogP contribution is 2.24. The molecule has 0 radical (unpaired) electrons. The Morgan fingerprint density at radius 3 is 2.88 bits per heavy atom. The van der Waals surface area contributed by atoms with Crippen molar-refractivity contribution in [2.24, 2.45) is 7.05 Å². The van der Waals surface area contributed by atoms with Crippen LogP contribution < -0.4 is 10.1 Å². The first-order valence-electron chi connectivity index (χ1n) is 9.03. The van der Waals surface area contributed by atoms with Gasteiger partial charge in [0.15, 0.2) is 11.6 Å². The summed E-state index contributed by atoms with van der Waals surface area (Å²) in [5.41, 5.74) is 1.91. The van der Waals surface area contributed by atoms with Crippen LogP contribution in [0.25, 0.3) is 0 Å². The Bertz CT molecular complexity index is 714. The summed E-state index contributed by atoms with van der Waals surface area (Å²) in [5.74, 6) is 1.83. The molecule has 0 aromatic carbocycles. The van der Waals surface area contributed by atoms with Gasteiger partial charge in [-0.3, -0.25) is 4.68 Å². The van der Waals surface area contributed by atoms with Crippen LogP contribution in [0.4, 0.5) is 5.82 Å². The number of aryl methyl sites for hydroxylation is 2. The lowest BCUT2D eigenvalue weighted by Crippen LogP contribution is -2.25. The molecule has 0 fully saturated rings. The van der Waals surface area contributed by atoms with Gasteiger partial charge in [-0.2, -0.15) is 5.10 Å². The molecule has 2 aromatic rings. The topological polar surface area (TPSA) is 85.1 Å².